The van der Waals surface area contributed by atoms with E-state index in [0.717, 1.165) is 33.9 Å². The van der Waals surface area contributed by atoms with Crippen molar-refractivity contribution in [1.29, 1.82) is 0 Å². The third-order valence-electron chi connectivity index (χ3n) is 4.95. The van der Waals surface area contributed by atoms with Gasteiger partial charge in [0, 0.05) is 17.3 Å². The van der Waals surface area contributed by atoms with Crippen LogP contribution in [0.25, 0.3) is 11.3 Å². The molecule has 0 amide bonds. The Balaban J connectivity index is 1.36. The molecule has 0 aliphatic carbocycles. The fourth-order valence-corrected chi connectivity index (χ4v) is 3.46. The van der Waals surface area contributed by atoms with E-state index in [4.69, 9.17) is 14.5 Å². The Hall–Kier alpha value is -3.92. The van der Waals surface area contributed by atoms with Gasteiger partial charge in [0.15, 0.2) is 0 Å². The molecule has 0 radical (unpaired) electrons. The monoisotopic (exact) mass is 392 g/mol. The first kappa shape index (κ1) is 18.1. The highest BCUT2D eigenvalue weighted by atomic mass is 16.5. The van der Waals surface area contributed by atoms with Crippen LogP contribution in [0, 0.1) is 0 Å². The van der Waals surface area contributed by atoms with E-state index >= 15 is 0 Å². The van der Waals surface area contributed by atoms with Crippen LogP contribution in [0.5, 0.6) is 11.5 Å². The standard InChI is InChI=1S/C26H20N2O2/c1-2-8-19(9-3-1)25-18-29-26(28-25)21-11-7-13-23(17-21)30-22-12-6-10-20(16-22)24-14-4-5-15-27-24/h1-17,25H,18H2/t25-/m0/s1. The number of aromatic nitrogens is 1. The maximum Gasteiger partial charge on any atom is 0.217 e. The number of hydrogen-bond donors (Lipinski definition) is 0. The first-order valence-electron chi connectivity index (χ1n) is 9.90. The van der Waals surface area contributed by atoms with Gasteiger partial charge in [0.05, 0.1) is 5.69 Å². The molecule has 0 fully saturated rings. The molecule has 1 aliphatic heterocycles. The first-order chi connectivity index (χ1) is 14.8. The molecule has 0 spiro atoms. The fourth-order valence-electron chi connectivity index (χ4n) is 3.46. The molecule has 30 heavy (non-hydrogen) atoms. The van der Waals surface area contributed by atoms with Crippen molar-refractivity contribution in [2.24, 2.45) is 4.99 Å². The summed E-state index contributed by atoms with van der Waals surface area (Å²) in [4.78, 5) is 9.17. The van der Waals surface area contributed by atoms with E-state index in [9.17, 15) is 0 Å². The zero-order valence-corrected chi connectivity index (χ0v) is 16.3. The molecule has 0 saturated heterocycles. The molecule has 3 aromatic carbocycles. The summed E-state index contributed by atoms with van der Waals surface area (Å²) in [5.74, 6) is 2.14. The molecule has 4 nitrogen and oxygen atoms in total. The summed E-state index contributed by atoms with van der Waals surface area (Å²) in [7, 11) is 0. The lowest BCUT2D eigenvalue weighted by atomic mass is 10.1. The minimum Gasteiger partial charge on any atom is -0.475 e. The highest BCUT2D eigenvalue weighted by molar-refractivity contribution is 5.95. The minimum atomic E-state index is 0.0285. The molecule has 146 valence electrons. The van der Waals surface area contributed by atoms with Gasteiger partial charge >= 0.3 is 0 Å². The fraction of sp³-hybridized carbons (Fsp3) is 0.0769. The molecule has 0 saturated carbocycles. The van der Waals surface area contributed by atoms with Crippen molar-refractivity contribution in [3.05, 3.63) is 114 Å². The second-order valence-corrected chi connectivity index (χ2v) is 7.04. The van der Waals surface area contributed by atoms with Crippen LogP contribution in [0.15, 0.2) is 108 Å². The van der Waals surface area contributed by atoms with Gasteiger partial charge in [-0.05, 0) is 48.0 Å². The molecule has 1 aliphatic rings. The van der Waals surface area contributed by atoms with Gasteiger partial charge in [-0.25, -0.2) is 4.99 Å². The van der Waals surface area contributed by atoms with Crippen molar-refractivity contribution in [3.8, 4) is 22.8 Å². The molecule has 1 aromatic heterocycles. The van der Waals surface area contributed by atoms with Gasteiger partial charge in [0.1, 0.15) is 24.1 Å². The van der Waals surface area contributed by atoms with E-state index in [-0.39, 0.29) is 6.04 Å². The van der Waals surface area contributed by atoms with Crippen molar-refractivity contribution in [2.45, 2.75) is 6.04 Å². The number of aliphatic imine (C=N–C) groups is 1. The Morgan fingerprint density at radius 3 is 2.23 bits per heavy atom. The number of rotatable bonds is 5. The van der Waals surface area contributed by atoms with Gasteiger partial charge in [-0.2, -0.15) is 0 Å². The third-order valence-corrected chi connectivity index (χ3v) is 4.95. The Labute approximate surface area is 175 Å². The van der Waals surface area contributed by atoms with Crippen molar-refractivity contribution in [2.75, 3.05) is 6.61 Å². The molecule has 4 heteroatoms. The second-order valence-electron chi connectivity index (χ2n) is 7.04. The number of nitrogens with zero attached hydrogens (tertiary/aromatic N) is 2. The lowest BCUT2D eigenvalue weighted by Crippen LogP contribution is -2.01. The smallest absolute Gasteiger partial charge is 0.217 e. The highest BCUT2D eigenvalue weighted by Gasteiger charge is 2.21. The summed E-state index contributed by atoms with van der Waals surface area (Å²) in [6.45, 7) is 0.552. The third kappa shape index (κ3) is 3.94. The van der Waals surface area contributed by atoms with Crippen LogP contribution >= 0.6 is 0 Å². The van der Waals surface area contributed by atoms with Crippen LogP contribution in [-0.4, -0.2) is 17.5 Å². The lowest BCUT2D eigenvalue weighted by Gasteiger charge is -2.09. The first-order valence-corrected chi connectivity index (χ1v) is 9.90. The zero-order valence-electron chi connectivity index (χ0n) is 16.3. The molecule has 5 rings (SSSR count). The molecule has 1 atom stereocenters. The Morgan fingerprint density at radius 2 is 1.47 bits per heavy atom. The Kier molecular flexibility index (Phi) is 4.96. The number of ether oxygens (including phenoxy) is 2. The lowest BCUT2D eigenvalue weighted by molar-refractivity contribution is 0.319. The van der Waals surface area contributed by atoms with Crippen molar-refractivity contribution in [1.82, 2.24) is 4.98 Å². The van der Waals surface area contributed by atoms with Gasteiger partial charge in [0.2, 0.25) is 5.90 Å². The minimum absolute atomic E-state index is 0.0285. The van der Waals surface area contributed by atoms with Gasteiger partial charge in [-0.1, -0.05) is 54.6 Å². The summed E-state index contributed by atoms with van der Waals surface area (Å²) in [5.41, 5.74) is 3.99. The predicted molar refractivity (Wildman–Crippen MR) is 118 cm³/mol. The zero-order chi connectivity index (χ0) is 20.2. The van der Waals surface area contributed by atoms with Crippen LogP contribution in [0.1, 0.15) is 17.2 Å². The van der Waals surface area contributed by atoms with Crippen molar-refractivity contribution < 1.29 is 9.47 Å². The summed E-state index contributed by atoms with van der Waals surface area (Å²) in [5, 5.41) is 0. The van der Waals surface area contributed by atoms with E-state index in [1.54, 1.807) is 6.20 Å². The summed E-state index contributed by atoms with van der Waals surface area (Å²) in [6.07, 6.45) is 1.79. The van der Waals surface area contributed by atoms with E-state index in [1.807, 2.05) is 84.9 Å². The topological polar surface area (TPSA) is 43.7 Å². The average molecular weight is 392 g/mol. The van der Waals surface area contributed by atoms with Crippen LogP contribution in [0.4, 0.5) is 0 Å². The van der Waals surface area contributed by atoms with Crippen molar-refractivity contribution >= 4 is 5.90 Å². The van der Waals surface area contributed by atoms with E-state index in [0.29, 0.717) is 12.5 Å². The van der Waals surface area contributed by atoms with Gasteiger partial charge < -0.3 is 9.47 Å². The van der Waals surface area contributed by atoms with E-state index < -0.39 is 0 Å². The molecular weight excluding hydrogens is 372 g/mol. The molecule has 2 heterocycles. The SMILES string of the molecule is c1ccc([C@@H]2COC(c3cccc(Oc4cccc(-c5ccccn5)c4)c3)=N2)cc1. The Bertz CT molecular complexity index is 1170. The Morgan fingerprint density at radius 1 is 0.733 bits per heavy atom. The number of benzene rings is 3. The number of pyridine rings is 1. The van der Waals surface area contributed by atoms with Crippen LogP contribution in [-0.2, 0) is 4.74 Å². The molecular formula is C26H20N2O2. The highest BCUT2D eigenvalue weighted by Crippen LogP contribution is 2.29. The van der Waals surface area contributed by atoms with E-state index in [1.165, 1.54) is 0 Å². The molecule has 0 unspecified atom stereocenters. The maximum absolute atomic E-state index is 6.11. The summed E-state index contributed by atoms with van der Waals surface area (Å²) in [6, 6.07) is 31.9. The number of hydrogen-bond acceptors (Lipinski definition) is 4. The summed E-state index contributed by atoms with van der Waals surface area (Å²) >= 11 is 0. The normalized spacial score (nSPS) is 15.3. The van der Waals surface area contributed by atoms with Gasteiger partial charge in [0.25, 0.3) is 0 Å². The van der Waals surface area contributed by atoms with E-state index in [2.05, 4.69) is 17.1 Å². The maximum atomic E-state index is 6.11. The van der Waals surface area contributed by atoms with Crippen molar-refractivity contribution in [3.63, 3.8) is 0 Å². The predicted octanol–water partition coefficient (Wildman–Crippen LogP) is 6.06. The van der Waals surface area contributed by atoms with Crippen LogP contribution in [0.2, 0.25) is 0 Å². The molecule has 0 N–H and O–H groups in total. The van der Waals surface area contributed by atoms with Gasteiger partial charge in [-0.15, -0.1) is 0 Å². The average Bonchev–Trinajstić information content (AvgIpc) is 3.31. The van der Waals surface area contributed by atoms with Gasteiger partial charge in [-0.3, -0.25) is 4.98 Å². The summed E-state index contributed by atoms with van der Waals surface area (Å²) < 4.78 is 12.0. The quantitative estimate of drug-likeness (QED) is 0.415. The second kappa shape index (κ2) is 8.21. The van der Waals surface area contributed by atoms with Crippen LogP contribution in [0.3, 0.4) is 0 Å². The van der Waals surface area contributed by atoms with Crippen LogP contribution < -0.4 is 4.74 Å². The molecule has 4 aromatic rings. The largest absolute Gasteiger partial charge is 0.475 e. The molecule has 0 bridgehead atoms.